The zero-order valence-electron chi connectivity index (χ0n) is 24.9. The normalized spacial score (nSPS) is 11.7. The summed E-state index contributed by atoms with van der Waals surface area (Å²) in [5, 5.41) is 4.35. The maximum atomic E-state index is 12.6. The molecule has 0 bridgehead atoms. The minimum Gasteiger partial charge on any atom is -0.460 e. The lowest BCUT2D eigenvalue weighted by atomic mass is 9.90. The molecule has 4 aromatic carbocycles. The van der Waals surface area contributed by atoms with Crippen LogP contribution in [0.25, 0.3) is 22.0 Å². The van der Waals surface area contributed by atoms with E-state index in [1.165, 1.54) is 27.8 Å². The van der Waals surface area contributed by atoms with Crippen molar-refractivity contribution in [2.75, 3.05) is 18.5 Å². The third-order valence-electron chi connectivity index (χ3n) is 7.72. The molecule has 0 aliphatic heterocycles. The van der Waals surface area contributed by atoms with Crippen molar-refractivity contribution in [3.8, 4) is 0 Å². The lowest BCUT2D eigenvalue weighted by Crippen LogP contribution is -2.17. The number of para-hydroxylation sites is 1. The molecule has 0 saturated heterocycles. The molecule has 0 spiro atoms. The predicted octanol–water partition coefficient (Wildman–Crippen LogP) is 8.65. The maximum absolute atomic E-state index is 12.6. The van der Waals surface area contributed by atoms with Crippen LogP contribution < -0.4 is 5.32 Å². The zero-order chi connectivity index (χ0) is 30.0. The number of carbonyl (C=O) groups excluding carboxylic acids is 2. The first-order chi connectivity index (χ1) is 21.1. The van der Waals surface area contributed by atoms with Gasteiger partial charge in [-0.05, 0) is 79.1 Å². The molecule has 0 fully saturated rings. The van der Waals surface area contributed by atoms with Gasteiger partial charge in [0, 0.05) is 35.9 Å². The molecule has 218 valence electrons. The highest BCUT2D eigenvalue weighted by molar-refractivity contribution is 6.43. The van der Waals surface area contributed by atoms with Crippen LogP contribution in [0.15, 0.2) is 115 Å². The fourth-order valence-corrected chi connectivity index (χ4v) is 5.53. The molecule has 1 N–H and O–H groups in total. The van der Waals surface area contributed by atoms with Gasteiger partial charge in [0.1, 0.15) is 0 Å². The van der Waals surface area contributed by atoms with E-state index >= 15 is 0 Å². The number of aromatic nitrogens is 1. The molecule has 5 rings (SSSR count). The van der Waals surface area contributed by atoms with E-state index in [9.17, 15) is 9.59 Å². The molecule has 1 heterocycles. The Balaban J connectivity index is 1.17. The van der Waals surface area contributed by atoms with Crippen molar-refractivity contribution in [2.45, 2.75) is 39.7 Å². The van der Waals surface area contributed by atoms with Crippen LogP contribution in [0.5, 0.6) is 0 Å². The van der Waals surface area contributed by atoms with Gasteiger partial charge in [0.15, 0.2) is 0 Å². The predicted molar refractivity (Wildman–Crippen MR) is 176 cm³/mol. The third kappa shape index (κ3) is 7.12. The lowest BCUT2D eigenvalue weighted by Gasteiger charge is -2.15. The Morgan fingerprint density at radius 1 is 0.721 bits per heavy atom. The van der Waals surface area contributed by atoms with Crippen molar-refractivity contribution >= 4 is 39.5 Å². The second-order valence-corrected chi connectivity index (χ2v) is 10.6. The van der Waals surface area contributed by atoms with Crippen molar-refractivity contribution in [2.24, 2.45) is 0 Å². The van der Waals surface area contributed by atoms with E-state index in [1.807, 2.05) is 24.3 Å². The Bertz CT molecular complexity index is 1700. The molecule has 0 unspecified atom stereocenters. The van der Waals surface area contributed by atoms with E-state index in [4.69, 9.17) is 4.74 Å². The fourth-order valence-electron chi connectivity index (χ4n) is 5.53. The molecule has 0 radical (unpaired) electrons. The number of fused-ring (bicyclic) bond motifs is 1. The number of carbonyl (C=O) groups is 2. The molecule has 5 aromatic rings. The van der Waals surface area contributed by atoms with Gasteiger partial charge in [-0.1, -0.05) is 91.0 Å². The topological polar surface area (TPSA) is 60.3 Å². The number of ketones is 1. The summed E-state index contributed by atoms with van der Waals surface area (Å²) in [6.07, 6.45) is 4.82. The summed E-state index contributed by atoms with van der Waals surface area (Å²) >= 11 is 0. The summed E-state index contributed by atoms with van der Waals surface area (Å²) in [6, 6.07) is 37.5. The second kappa shape index (κ2) is 14.3. The fraction of sp³-hybridized carbons (Fsp3) is 0.211. The van der Waals surface area contributed by atoms with Gasteiger partial charge >= 0.3 is 5.97 Å². The average molecular weight is 571 g/mol. The summed E-state index contributed by atoms with van der Waals surface area (Å²) in [6.45, 7) is 5.73. The quantitative estimate of drug-likeness (QED) is 0.0506. The zero-order valence-corrected chi connectivity index (χ0v) is 24.9. The van der Waals surface area contributed by atoms with Gasteiger partial charge in [-0.25, -0.2) is 4.79 Å². The van der Waals surface area contributed by atoms with Gasteiger partial charge in [0.05, 0.1) is 12.2 Å². The Labute approximate surface area is 253 Å². The minimum absolute atomic E-state index is 0.182. The largest absolute Gasteiger partial charge is 0.460 e. The van der Waals surface area contributed by atoms with Gasteiger partial charge in [0.2, 0.25) is 0 Å². The summed E-state index contributed by atoms with van der Waals surface area (Å²) < 4.78 is 7.01. The highest BCUT2D eigenvalue weighted by atomic mass is 16.5. The van der Waals surface area contributed by atoms with Gasteiger partial charge in [0.25, 0.3) is 5.78 Å². The number of hydrogen-bond acceptors (Lipinski definition) is 4. The van der Waals surface area contributed by atoms with Crippen LogP contribution in [0, 0.1) is 0 Å². The van der Waals surface area contributed by atoms with E-state index in [0.29, 0.717) is 5.56 Å². The number of anilines is 1. The molecule has 0 aliphatic rings. The van der Waals surface area contributed by atoms with Crippen molar-refractivity contribution in [1.29, 1.82) is 0 Å². The Morgan fingerprint density at radius 3 is 2.05 bits per heavy atom. The first-order valence-corrected chi connectivity index (χ1v) is 15.0. The van der Waals surface area contributed by atoms with E-state index in [1.54, 1.807) is 13.1 Å². The maximum Gasteiger partial charge on any atom is 0.379 e. The van der Waals surface area contributed by atoms with Crippen LogP contribution in [-0.2, 0) is 16.1 Å². The Morgan fingerprint density at radius 2 is 1.35 bits per heavy atom. The number of nitrogens with one attached hydrogen (secondary N) is 1. The number of rotatable bonds is 13. The number of ether oxygens (including phenoxy) is 1. The third-order valence-corrected chi connectivity index (χ3v) is 7.72. The van der Waals surface area contributed by atoms with Gasteiger partial charge in [-0.15, -0.1) is 0 Å². The number of hydrogen-bond donors (Lipinski definition) is 1. The van der Waals surface area contributed by atoms with Crippen LogP contribution in [0.1, 0.15) is 60.2 Å². The number of nitrogens with zero attached hydrogens (tertiary/aromatic N) is 1. The summed E-state index contributed by atoms with van der Waals surface area (Å²) in [7, 11) is 0. The Kier molecular flexibility index (Phi) is 9.86. The van der Waals surface area contributed by atoms with Crippen LogP contribution in [0.4, 0.5) is 5.69 Å². The van der Waals surface area contributed by atoms with Crippen molar-refractivity contribution in [3.05, 3.63) is 138 Å². The standard InChI is InChI=1S/C38H38N2O3/c1-3-43-38(42)37(41)34-27-40(35-20-12-11-19-33(34)35)26-14-6-13-25-39-32-23-21-31(22-24-32)36(30-17-9-5-10-18-30)28(2)29-15-7-4-8-16-29/h4-5,7-12,15-24,27,39H,3,6,13-14,25-26H2,1-2H3. The SMILES string of the molecule is CCOC(=O)C(=O)c1cn(CCCCCNc2ccc(C(=C(C)c3ccccc3)c3ccccc3)cc2)c2ccccc12. The van der Waals surface area contributed by atoms with E-state index in [0.717, 1.165) is 48.9 Å². The number of benzene rings is 4. The number of aryl methyl sites for hydroxylation is 1. The van der Waals surface area contributed by atoms with E-state index in [2.05, 4.69) is 102 Å². The number of allylic oxidation sites excluding steroid dienone is 1. The number of Topliss-reactive ketones (excluding diaryl/α,β-unsaturated/α-hetero) is 1. The van der Waals surface area contributed by atoms with Crippen molar-refractivity contribution in [3.63, 3.8) is 0 Å². The average Bonchev–Trinajstić information content (AvgIpc) is 3.42. The Hall–Kier alpha value is -4.90. The van der Waals surface area contributed by atoms with Crippen LogP contribution >= 0.6 is 0 Å². The summed E-state index contributed by atoms with van der Waals surface area (Å²) in [5.74, 6) is -1.39. The van der Waals surface area contributed by atoms with Gasteiger partial charge in [-0.2, -0.15) is 0 Å². The lowest BCUT2D eigenvalue weighted by molar-refractivity contribution is -0.137. The molecule has 5 nitrogen and oxygen atoms in total. The molecule has 0 aliphatic carbocycles. The minimum atomic E-state index is -0.803. The van der Waals surface area contributed by atoms with Crippen molar-refractivity contribution in [1.82, 2.24) is 4.57 Å². The molecule has 0 atom stereocenters. The molecular weight excluding hydrogens is 532 g/mol. The summed E-state index contributed by atoms with van der Waals surface area (Å²) in [5.41, 5.74) is 8.58. The van der Waals surface area contributed by atoms with Crippen LogP contribution in [0.2, 0.25) is 0 Å². The van der Waals surface area contributed by atoms with E-state index in [-0.39, 0.29) is 6.61 Å². The van der Waals surface area contributed by atoms with Gasteiger partial charge < -0.3 is 14.6 Å². The van der Waals surface area contributed by atoms with Crippen molar-refractivity contribution < 1.29 is 14.3 Å². The highest BCUT2D eigenvalue weighted by Gasteiger charge is 2.22. The first kappa shape index (κ1) is 29.6. The molecule has 1 aromatic heterocycles. The molecule has 5 heteroatoms. The highest BCUT2D eigenvalue weighted by Crippen LogP contribution is 2.32. The monoisotopic (exact) mass is 570 g/mol. The second-order valence-electron chi connectivity index (χ2n) is 10.6. The number of esters is 1. The van der Waals surface area contributed by atoms with E-state index < -0.39 is 11.8 Å². The molecule has 0 saturated carbocycles. The van der Waals surface area contributed by atoms with Crippen LogP contribution in [0.3, 0.4) is 0 Å². The molecule has 0 amide bonds. The van der Waals surface area contributed by atoms with Gasteiger partial charge in [-0.3, -0.25) is 4.79 Å². The smallest absolute Gasteiger partial charge is 0.379 e. The first-order valence-electron chi connectivity index (χ1n) is 15.0. The molecular formula is C38H38N2O3. The number of unbranched alkanes of at least 4 members (excludes halogenated alkanes) is 2. The van der Waals surface area contributed by atoms with Crippen LogP contribution in [-0.4, -0.2) is 29.5 Å². The summed E-state index contributed by atoms with van der Waals surface area (Å²) in [4.78, 5) is 24.7. The molecule has 43 heavy (non-hydrogen) atoms.